The number of nitrogens with one attached hydrogen (secondary N) is 2. The first-order chi connectivity index (χ1) is 13.0. The van der Waals surface area contributed by atoms with Crippen molar-refractivity contribution in [2.75, 3.05) is 0 Å². The lowest BCUT2D eigenvalue weighted by Gasteiger charge is -2.27. The normalized spacial score (nSPS) is 16.1. The summed E-state index contributed by atoms with van der Waals surface area (Å²) in [4.78, 5) is 38.5. The van der Waals surface area contributed by atoms with Crippen molar-refractivity contribution in [3.8, 4) is 0 Å². The second-order valence-corrected chi connectivity index (χ2v) is 7.44. The number of aromatic amines is 1. The molecule has 0 saturated heterocycles. The summed E-state index contributed by atoms with van der Waals surface area (Å²) in [6.07, 6.45) is 7.11. The molecule has 1 amide bonds. The van der Waals surface area contributed by atoms with E-state index in [0.29, 0.717) is 23.1 Å². The summed E-state index contributed by atoms with van der Waals surface area (Å²) in [5.41, 5.74) is -0.0877. The Morgan fingerprint density at radius 3 is 2.67 bits per heavy atom. The Bertz CT molecular complexity index is 868. The lowest BCUT2D eigenvalue weighted by Crippen LogP contribution is -2.38. The number of carboxylic acids is 1. The molecule has 27 heavy (non-hydrogen) atoms. The first-order valence-corrected chi connectivity index (χ1v) is 9.67. The number of amides is 1. The van der Waals surface area contributed by atoms with Crippen molar-refractivity contribution >= 4 is 22.6 Å². The van der Waals surface area contributed by atoms with Crippen LogP contribution in [0.25, 0.3) is 10.8 Å². The smallest absolute Gasteiger partial charge is 0.303 e. The molecule has 3 rings (SSSR count). The van der Waals surface area contributed by atoms with Gasteiger partial charge >= 0.3 is 5.97 Å². The first-order valence-electron chi connectivity index (χ1n) is 9.67. The molecule has 0 bridgehead atoms. The number of carbonyl (C=O) groups excluding carboxylic acids is 1. The van der Waals surface area contributed by atoms with Gasteiger partial charge in [0.05, 0.1) is 0 Å². The molecule has 1 aromatic heterocycles. The fraction of sp³-hybridized carbons (Fsp3) is 0.476. The zero-order chi connectivity index (χ0) is 19.2. The van der Waals surface area contributed by atoms with E-state index in [4.69, 9.17) is 5.11 Å². The molecule has 0 spiro atoms. The molecule has 6 nitrogen and oxygen atoms in total. The Labute approximate surface area is 158 Å². The van der Waals surface area contributed by atoms with Gasteiger partial charge in [-0.05, 0) is 36.3 Å². The van der Waals surface area contributed by atoms with Gasteiger partial charge in [0.25, 0.3) is 11.5 Å². The Balaban J connectivity index is 1.74. The summed E-state index contributed by atoms with van der Waals surface area (Å²) in [6, 6.07) is 8.58. The van der Waals surface area contributed by atoms with Crippen molar-refractivity contribution in [1.82, 2.24) is 10.3 Å². The van der Waals surface area contributed by atoms with Crippen molar-refractivity contribution < 1.29 is 14.7 Å². The van der Waals surface area contributed by atoms with Crippen LogP contribution in [0.3, 0.4) is 0 Å². The molecule has 3 N–H and O–H groups in total. The molecule has 144 valence electrons. The van der Waals surface area contributed by atoms with Gasteiger partial charge in [-0.2, -0.15) is 0 Å². The highest BCUT2D eigenvalue weighted by Gasteiger charge is 2.22. The van der Waals surface area contributed by atoms with Crippen molar-refractivity contribution in [3.63, 3.8) is 0 Å². The monoisotopic (exact) mass is 370 g/mol. The molecule has 1 heterocycles. The van der Waals surface area contributed by atoms with Crippen LogP contribution in [0.4, 0.5) is 0 Å². The molecule has 1 aromatic carbocycles. The molecule has 6 heteroatoms. The second-order valence-electron chi connectivity index (χ2n) is 7.44. The van der Waals surface area contributed by atoms with Crippen LogP contribution in [0.5, 0.6) is 0 Å². The molecule has 1 aliphatic carbocycles. The van der Waals surface area contributed by atoms with Gasteiger partial charge in [-0.1, -0.05) is 50.3 Å². The molecular formula is C21H26N2O4. The van der Waals surface area contributed by atoms with Crippen LogP contribution < -0.4 is 10.9 Å². The molecule has 1 saturated carbocycles. The molecule has 0 aliphatic heterocycles. The standard InChI is InChI=1S/C21H26N2O4/c24-19(25)11-10-16(12-14-6-2-1-3-7-14)22-21(27)18-13-15-8-4-5-9-17(15)20(26)23-18/h4-5,8-9,13-14,16H,1-3,6-7,10-12H2,(H,22,27)(H,23,26)(H,24,25). The molecule has 1 unspecified atom stereocenters. The molecular weight excluding hydrogens is 344 g/mol. The third kappa shape index (κ3) is 5.18. The zero-order valence-corrected chi connectivity index (χ0v) is 15.4. The van der Waals surface area contributed by atoms with Crippen LogP contribution in [0.15, 0.2) is 35.1 Å². The van der Waals surface area contributed by atoms with Crippen LogP contribution in [-0.2, 0) is 4.79 Å². The number of aromatic nitrogens is 1. The van der Waals surface area contributed by atoms with E-state index in [1.807, 2.05) is 6.07 Å². The van der Waals surface area contributed by atoms with Gasteiger partial charge in [-0.3, -0.25) is 14.4 Å². The maximum Gasteiger partial charge on any atom is 0.303 e. The maximum absolute atomic E-state index is 12.7. The van der Waals surface area contributed by atoms with E-state index in [9.17, 15) is 14.4 Å². The predicted octanol–water partition coefficient (Wildman–Crippen LogP) is 3.46. The molecule has 0 radical (unpaired) electrons. The van der Waals surface area contributed by atoms with Gasteiger partial charge in [0.15, 0.2) is 0 Å². The number of hydrogen-bond acceptors (Lipinski definition) is 3. The lowest BCUT2D eigenvalue weighted by atomic mass is 9.84. The summed E-state index contributed by atoms with van der Waals surface area (Å²) < 4.78 is 0. The van der Waals surface area contributed by atoms with Gasteiger partial charge < -0.3 is 15.4 Å². The largest absolute Gasteiger partial charge is 0.481 e. The average molecular weight is 370 g/mol. The number of pyridine rings is 1. The van der Waals surface area contributed by atoms with Gasteiger partial charge in [0, 0.05) is 17.8 Å². The van der Waals surface area contributed by atoms with Gasteiger partial charge in [-0.25, -0.2) is 0 Å². The fourth-order valence-electron chi connectivity index (χ4n) is 3.97. The van der Waals surface area contributed by atoms with Gasteiger partial charge in [-0.15, -0.1) is 0 Å². The van der Waals surface area contributed by atoms with Crippen LogP contribution >= 0.6 is 0 Å². The van der Waals surface area contributed by atoms with Crippen molar-refractivity contribution in [3.05, 3.63) is 46.4 Å². The Hall–Kier alpha value is -2.63. The molecule has 1 fully saturated rings. The number of carboxylic acid groups (broad SMARTS) is 1. The predicted molar refractivity (Wildman–Crippen MR) is 104 cm³/mol. The van der Waals surface area contributed by atoms with Crippen molar-refractivity contribution in [1.29, 1.82) is 0 Å². The first kappa shape index (κ1) is 19.1. The number of carbonyl (C=O) groups is 2. The van der Waals surface area contributed by atoms with E-state index in [2.05, 4.69) is 10.3 Å². The van der Waals surface area contributed by atoms with Crippen molar-refractivity contribution in [2.24, 2.45) is 5.92 Å². The molecule has 2 aromatic rings. The van der Waals surface area contributed by atoms with E-state index in [1.165, 1.54) is 19.3 Å². The number of aliphatic carboxylic acids is 1. The number of rotatable bonds is 7. The topological polar surface area (TPSA) is 99.3 Å². The van der Waals surface area contributed by atoms with E-state index in [-0.39, 0.29) is 29.6 Å². The lowest BCUT2D eigenvalue weighted by molar-refractivity contribution is -0.137. The van der Waals surface area contributed by atoms with Crippen LogP contribution in [0.1, 0.15) is 61.9 Å². The number of hydrogen-bond donors (Lipinski definition) is 3. The summed E-state index contributed by atoms with van der Waals surface area (Å²) in [5, 5.41) is 13.2. The number of benzene rings is 1. The average Bonchev–Trinajstić information content (AvgIpc) is 2.67. The Morgan fingerprint density at radius 1 is 1.19 bits per heavy atom. The molecule has 1 atom stereocenters. The number of fused-ring (bicyclic) bond motifs is 1. The zero-order valence-electron chi connectivity index (χ0n) is 15.4. The summed E-state index contributed by atoms with van der Waals surface area (Å²) in [5.74, 6) is -0.699. The van der Waals surface area contributed by atoms with E-state index >= 15 is 0 Å². The highest BCUT2D eigenvalue weighted by atomic mass is 16.4. The Morgan fingerprint density at radius 2 is 1.93 bits per heavy atom. The highest BCUT2D eigenvalue weighted by molar-refractivity contribution is 5.96. The minimum Gasteiger partial charge on any atom is -0.481 e. The number of H-pyrrole nitrogens is 1. The third-order valence-electron chi connectivity index (χ3n) is 5.38. The summed E-state index contributed by atoms with van der Waals surface area (Å²) in [7, 11) is 0. The van der Waals surface area contributed by atoms with Crippen molar-refractivity contribution in [2.45, 2.75) is 57.4 Å². The van der Waals surface area contributed by atoms with Crippen LogP contribution in [0.2, 0.25) is 0 Å². The van der Waals surface area contributed by atoms with E-state index in [0.717, 1.165) is 19.3 Å². The maximum atomic E-state index is 12.7. The minimum absolute atomic E-state index is 0.0197. The van der Waals surface area contributed by atoms with E-state index < -0.39 is 5.97 Å². The summed E-state index contributed by atoms with van der Waals surface area (Å²) >= 11 is 0. The minimum atomic E-state index is -0.864. The Kier molecular flexibility index (Phi) is 6.27. The van der Waals surface area contributed by atoms with Gasteiger partial charge in [0.2, 0.25) is 0 Å². The van der Waals surface area contributed by atoms with E-state index in [1.54, 1.807) is 24.3 Å². The SMILES string of the molecule is O=C(O)CCC(CC1CCCCC1)NC(=O)c1cc2ccccc2c(=O)[nH]1. The fourth-order valence-corrected chi connectivity index (χ4v) is 3.97. The van der Waals surface area contributed by atoms with Gasteiger partial charge in [0.1, 0.15) is 5.69 Å². The highest BCUT2D eigenvalue weighted by Crippen LogP contribution is 2.28. The van der Waals surface area contributed by atoms with Crippen LogP contribution in [0, 0.1) is 5.92 Å². The molecule has 1 aliphatic rings. The third-order valence-corrected chi connectivity index (χ3v) is 5.38. The quantitative estimate of drug-likeness (QED) is 0.695. The van der Waals surface area contributed by atoms with Crippen LogP contribution in [-0.4, -0.2) is 28.0 Å². The summed E-state index contributed by atoms with van der Waals surface area (Å²) in [6.45, 7) is 0. The second kappa shape index (κ2) is 8.84.